The summed E-state index contributed by atoms with van der Waals surface area (Å²) in [7, 11) is 1.50. The van der Waals surface area contributed by atoms with Crippen LogP contribution in [0.5, 0.6) is 11.5 Å². The molecule has 0 unspecified atom stereocenters. The lowest BCUT2D eigenvalue weighted by molar-refractivity contribution is -0.122. The van der Waals surface area contributed by atoms with E-state index in [1.165, 1.54) is 7.11 Å². The van der Waals surface area contributed by atoms with Gasteiger partial charge in [0.05, 0.1) is 30.4 Å². The summed E-state index contributed by atoms with van der Waals surface area (Å²) in [5, 5.41) is 17.3. The van der Waals surface area contributed by atoms with Crippen LogP contribution in [0.25, 0.3) is 0 Å². The van der Waals surface area contributed by atoms with Crippen LogP contribution in [0, 0.1) is 5.92 Å². The van der Waals surface area contributed by atoms with E-state index in [-0.39, 0.29) is 23.2 Å². The van der Waals surface area contributed by atoms with E-state index in [4.69, 9.17) is 4.74 Å². The number of ketones is 2. The summed E-state index contributed by atoms with van der Waals surface area (Å²) in [6.45, 7) is 0. The van der Waals surface area contributed by atoms with E-state index in [2.05, 4.69) is 16.7 Å². The molecule has 0 fully saturated rings. The predicted molar refractivity (Wildman–Crippen MR) is 151 cm³/mol. The van der Waals surface area contributed by atoms with Gasteiger partial charge in [0.15, 0.2) is 17.3 Å². The smallest absolute Gasteiger partial charge is 0.193 e. The summed E-state index contributed by atoms with van der Waals surface area (Å²) in [6, 6.07) is 29.4. The van der Waals surface area contributed by atoms with Gasteiger partial charge in [0.25, 0.3) is 0 Å². The number of benzene rings is 4. The Morgan fingerprint density at radius 1 is 0.846 bits per heavy atom. The predicted octanol–water partition coefficient (Wildman–Crippen LogP) is 6.47. The molecular formula is C33H28N2O4. The second-order valence-electron chi connectivity index (χ2n) is 9.92. The molecule has 4 aromatic carbocycles. The first-order chi connectivity index (χ1) is 19.0. The Bertz CT molecular complexity index is 1580. The zero-order chi connectivity index (χ0) is 26.9. The molecule has 194 valence electrons. The summed E-state index contributed by atoms with van der Waals surface area (Å²) in [6.07, 6.45) is 2.51. The maximum atomic E-state index is 13.8. The van der Waals surface area contributed by atoms with Gasteiger partial charge in [-0.25, -0.2) is 0 Å². The molecule has 0 radical (unpaired) electrons. The summed E-state index contributed by atoms with van der Waals surface area (Å²) in [5.41, 5.74) is 5.34. The SMILES string of the molecule is COc1cc([C@@H]2Nc3ccc(C(=O)c4ccccc4)cc3NC3=C[C@H](c4ccccc4)CC(=O)[C@@H]32)ccc1O. The molecule has 3 atom stereocenters. The Morgan fingerprint density at radius 3 is 2.33 bits per heavy atom. The highest BCUT2D eigenvalue weighted by molar-refractivity contribution is 6.10. The Kier molecular flexibility index (Phi) is 6.37. The molecule has 0 spiro atoms. The number of aromatic hydroxyl groups is 1. The molecular weight excluding hydrogens is 488 g/mol. The molecule has 0 saturated heterocycles. The van der Waals surface area contributed by atoms with Crippen molar-refractivity contribution < 1.29 is 19.4 Å². The first-order valence-electron chi connectivity index (χ1n) is 13.0. The zero-order valence-electron chi connectivity index (χ0n) is 21.4. The lowest BCUT2D eigenvalue weighted by Gasteiger charge is -2.32. The Hall–Kier alpha value is -4.84. The summed E-state index contributed by atoms with van der Waals surface area (Å²) >= 11 is 0. The van der Waals surface area contributed by atoms with Crippen LogP contribution in [-0.4, -0.2) is 23.8 Å². The molecule has 1 aliphatic heterocycles. The first-order valence-corrected chi connectivity index (χ1v) is 13.0. The maximum absolute atomic E-state index is 13.8. The molecule has 6 rings (SSSR count). The molecule has 4 aromatic rings. The minimum atomic E-state index is -0.500. The zero-order valence-corrected chi connectivity index (χ0v) is 21.4. The number of nitrogens with one attached hydrogen (secondary N) is 2. The number of carbonyl (C=O) groups is 2. The standard InChI is InChI=1S/C33H28N2O4/c1-39-30-19-22(13-15-28(30)36)32-31-27(17-24(18-29(31)37)20-8-4-2-5-9-20)34-26-16-23(12-14-25(26)35-32)33(38)21-10-6-3-7-11-21/h2-17,19,24,31-32,34-36H,18H2,1H3/t24-,31+,32-/m0/s1. The van der Waals surface area contributed by atoms with Crippen LogP contribution in [0.15, 0.2) is 109 Å². The van der Waals surface area contributed by atoms with E-state index in [0.717, 1.165) is 28.2 Å². The fourth-order valence-electron chi connectivity index (χ4n) is 5.54. The topological polar surface area (TPSA) is 87.7 Å². The maximum Gasteiger partial charge on any atom is 0.193 e. The van der Waals surface area contributed by atoms with Gasteiger partial charge in [0, 0.05) is 29.2 Å². The number of hydrogen-bond acceptors (Lipinski definition) is 6. The van der Waals surface area contributed by atoms with Gasteiger partial charge in [0.2, 0.25) is 0 Å². The average Bonchev–Trinajstić information content (AvgIpc) is 3.14. The average molecular weight is 517 g/mol. The van der Waals surface area contributed by atoms with Crippen molar-refractivity contribution >= 4 is 22.9 Å². The van der Waals surface area contributed by atoms with Crippen molar-refractivity contribution in [2.45, 2.75) is 18.4 Å². The summed E-state index contributed by atoms with van der Waals surface area (Å²) in [4.78, 5) is 27.0. The van der Waals surface area contributed by atoms with Crippen molar-refractivity contribution in [2.24, 2.45) is 5.92 Å². The van der Waals surface area contributed by atoms with E-state index < -0.39 is 12.0 Å². The van der Waals surface area contributed by atoms with Crippen molar-refractivity contribution in [2.75, 3.05) is 17.7 Å². The number of methoxy groups -OCH3 is 1. The third kappa shape index (κ3) is 4.66. The molecule has 0 amide bonds. The van der Waals surface area contributed by atoms with E-state index in [1.807, 2.05) is 66.7 Å². The molecule has 3 N–H and O–H groups in total. The Balaban J connectivity index is 1.46. The van der Waals surface area contributed by atoms with Gasteiger partial charge < -0.3 is 20.5 Å². The number of fused-ring (bicyclic) bond motifs is 2. The van der Waals surface area contributed by atoms with Gasteiger partial charge in [-0.2, -0.15) is 0 Å². The highest BCUT2D eigenvalue weighted by Crippen LogP contribution is 2.45. The lowest BCUT2D eigenvalue weighted by atomic mass is 9.76. The Labute approximate surface area is 227 Å². The van der Waals surface area contributed by atoms with Crippen LogP contribution < -0.4 is 15.4 Å². The van der Waals surface area contributed by atoms with Gasteiger partial charge in [-0.1, -0.05) is 72.8 Å². The third-order valence-electron chi connectivity index (χ3n) is 7.52. The number of rotatable bonds is 5. The van der Waals surface area contributed by atoms with E-state index in [1.54, 1.807) is 30.3 Å². The van der Waals surface area contributed by atoms with Crippen LogP contribution in [0.4, 0.5) is 11.4 Å². The number of ether oxygens (including phenoxy) is 1. The van der Waals surface area contributed by atoms with Crippen LogP contribution >= 0.6 is 0 Å². The normalized spacial score (nSPS) is 19.9. The molecule has 1 heterocycles. The number of anilines is 2. The second kappa shape index (κ2) is 10.1. The summed E-state index contributed by atoms with van der Waals surface area (Å²) in [5.74, 6) is -0.162. The molecule has 6 nitrogen and oxygen atoms in total. The molecule has 2 aliphatic rings. The van der Waals surface area contributed by atoms with E-state index >= 15 is 0 Å². The van der Waals surface area contributed by atoms with Gasteiger partial charge >= 0.3 is 0 Å². The van der Waals surface area contributed by atoms with Crippen molar-refractivity contribution in [1.29, 1.82) is 0 Å². The van der Waals surface area contributed by atoms with Crippen molar-refractivity contribution in [3.8, 4) is 11.5 Å². The van der Waals surface area contributed by atoms with E-state index in [0.29, 0.717) is 23.3 Å². The number of phenols is 1. The number of carbonyl (C=O) groups excluding carboxylic acids is 2. The van der Waals surface area contributed by atoms with Crippen LogP contribution in [0.1, 0.15) is 45.4 Å². The molecule has 39 heavy (non-hydrogen) atoms. The van der Waals surface area contributed by atoms with Crippen LogP contribution in [-0.2, 0) is 4.79 Å². The van der Waals surface area contributed by atoms with Crippen molar-refractivity contribution in [3.63, 3.8) is 0 Å². The highest BCUT2D eigenvalue weighted by atomic mass is 16.5. The van der Waals surface area contributed by atoms with E-state index in [9.17, 15) is 14.7 Å². The van der Waals surface area contributed by atoms with Crippen molar-refractivity contribution in [3.05, 3.63) is 131 Å². The third-order valence-corrected chi connectivity index (χ3v) is 7.52. The molecule has 1 aliphatic carbocycles. The quantitative estimate of drug-likeness (QED) is 0.264. The van der Waals surface area contributed by atoms with Gasteiger partial charge in [0.1, 0.15) is 5.78 Å². The highest BCUT2D eigenvalue weighted by Gasteiger charge is 2.40. The molecule has 0 bridgehead atoms. The number of hydrogen-bond donors (Lipinski definition) is 3. The van der Waals surface area contributed by atoms with Crippen LogP contribution in [0.3, 0.4) is 0 Å². The second-order valence-corrected chi connectivity index (χ2v) is 9.92. The number of Topliss-reactive ketones (excluding diaryl/α,β-unsaturated/α-hetero) is 1. The Morgan fingerprint density at radius 2 is 1.59 bits per heavy atom. The minimum Gasteiger partial charge on any atom is -0.504 e. The fourth-order valence-corrected chi connectivity index (χ4v) is 5.54. The monoisotopic (exact) mass is 516 g/mol. The lowest BCUT2D eigenvalue weighted by Crippen LogP contribution is -2.33. The largest absolute Gasteiger partial charge is 0.504 e. The molecule has 0 aromatic heterocycles. The van der Waals surface area contributed by atoms with Crippen molar-refractivity contribution in [1.82, 2.24) is 0 Å². The molecule has 0 saturated carbocycles. The van der Waals surface area contributed by atoms with Gasteiger partial charge in [-0.3, -0.25) is 9.59 Å². The number of allylic oxidation sites excluding steroid dienone is 1. The van der Waals surface area contributed by atoms with Crippen LogP contribution in [0.2, 0.25) is 0 Å². The minimum absolute atomic E-state index is 0.0346. The van der Waals surface area contributed by atoms with Gasteiger partial charge in [-0.15, -0.1) is 0 Å². The fraction of sp³-hybridized carbons (Fsp3) is 0.152. The first kappa shape index (κ1) is 24.5. The number of phenolic OH excluding ortho intramolecular Hbond substituents is 1. The molecule has 6 heteroatoms. The van der Waals surface area contributed by atoms with Gasteiger partial charge in [-0.05, 0) is 41.5 Å². The summed E-state index contributed by atoms with van der Waals surface area (Å²) < 4.78 is 5.37.